The lowest BCUT2D eigenvalue weighted by molar-refractivity contribution is -0.141. The van der Waals surface area contributed by atoms with E-state index in [1.165, 1.54) is 0 Å². The Kier molecular flexibility index (Phi) is 11.2. The van der Waals surface area contributed by atoms with Crippen LogP contribution in [-0.4, -0.2) is 43.0 Å². The van der Waals surface area contributed by atoms with Crippen LogP contribution in [0.3, 0.4) is 0 Å². The lowest BCUT2D eigenvalue weighted by Gasteiger charge is -2.32. The van der Waals surface area contributed by atoms with Crippen molar-refractivity contribution in [3.05, 3.63) is 94.0 Å². The molecule has 0 fully saturated rings. The molecule has 0 unspecified atom stereocenters. The molecule has 3 rings (SSSR count). The first-order valence-corrected chi connectivity index (χ1v) is 13.7. The number of amides is 2. The van der Waals surface area contributed by atoms with E-state index in [-0.39, 0.29) is 24.3 Å². The molecule has 3 aromatic rings. The van der Waals surface area contributed by atoms with Crippen molar-refractivity contribution in [2.45, 2.75) is 58.2 Å². The number of hydrogen-bond acceptors (Lipinski definition) is 4. The molecule has 0 aliphatic rings. The fourth-order valence-electron chi connectivity index (χ4n) is 4.26. The van der Waals surface area contributed by atoms with Gasteiger partial charge in [-0.15, -0.1) is 0 Å². The van der Waals surface area contributed by atoms with Crippen molar-refractivity contribution in [2.24, 2.45) is 0 Å². The Morgan fingerprint density at radius 2 is 1.61 bits per heavy atom. The average Bonchev–Trinajstić information content (AvgIpc) is 2.93. The van der Waals surface area contributed by atoms with Crippen molar-refractivity contribution in [1.29, 1.82) is 0 Å². The molecule has 6 nitrogen and oxygen atoms in total. The maximum atomic E-state index is 13.9. The first-order valence-electron chi connectivity index (χ1n) is 12.9. The van der Waals surface area contributed by atoms with E-state index in [1.807, 2.05) is 86.6 Å². The molecule has 0 saturated carbocycles. The highest BCUT2D eigenvalue weighted by Crippen LogP contribution is 2.28. The molecule has 0 aromatic heterocycles. The molecule has 38 heavy (non-hydrogen) atoms. The standard InChI is InChI=1S/C31H37BrN2O4/c1-5-22(2)33-31(36)27(19-23-10-7-6-8-11-23)34(21-25-12-9-13-26(32)18-25)30(35)17-15-24-14-16-28(37-3)29(20-24)38-4/h6-14,16,18,20,22,27H,5,15,17,19,21H2,1-4H3,(H,33,36)/t22-,27+/m0/s1. The Morgan fingerprint density at radius 3 is 2.26 bits per heavy atom. The Labute approximate surface area is 234 Å². The summed E-state index contributed by atoms with van der Waals surface area (Å²) in [5, 5.41) is 3.11. The molecule has 3 aromatic carbocycles. The summed E-state index contributed by atoms with van der Waals surface area (Å²) in [6.07, 6.45) is 2.01. The lowest BCUT2D eigenvalue weighted by atomic mass is 10.0. The van der Waals surface area contributed by atoms with Crippen LogP contribution in [0.1, 0.15) is 43.4 Å². The van der Waals surface area contributed by atoms with Gasteiger partial charge in [-0.1, -0.05) is 71.4 Å². The fraction of sp³-hybridized carbons (Fsp3) is 0.355. The van der Waals surface area contributed by atoms with Crippen LogP contribution in [0.4, 0.5) is 0 Å². The van der Waals surface area contributed by atoms with Gasteiger partial charge in [-0.05, 0) is 60.7 Å². The number of ether oxygens (including phenoxy) is 2. The molecule has 0 saturated heterocycles. The molecule has 2 amide bonds. The smallest absolute Gasteiger partial charge is 0.243 e. The topological polar surface area (TPSA) is 67.9 Å². The van der Waals surface area contributed by atoms with E-state index in [9.17, 15) is 9.59 Å². The molecular weight excluding hydrogens is 544 g/mol. The predicted molar refractivity (Wildman–Crippen MR) is 154 cm³/mol. The predicted octanol–water partition coefficient (Wildman–Crippen LogP) is 5.95. The third-order valence-corrected chi connectivity index (χ3v) is 7.08. The van der Waals surface area contributed by atoms with Gasteiger partial charge in [0.05, 0.1) is 14.2 Å². The number of rotatable bonds is 13. The number of hydrogen-bond donors (Lipinski definition) is 1. The molecule has 202 valence electrons. The highest BCUT2D eigenvalue weighted by Gasteiger charge is 2.30. The number of benzene rings is 3. The summed E-state index contributed by atoms with van der Waals surface area (Å²) in [6, 6.07) is 22.7. The van der Waals surface area contributed by atoms with Gasteiger partial charge in [-0.2, -0.15) is 0 Å². The summed E-state index contributed by atoms with van der Waals surface area (Å²) in [5.41, 5.74) is 2.92. The monoisotopic (exact) mass is 580 g/mol. The largest absolute Gasteiger partial charge is 0.493 e. The number of aryl methyl sites for hydroxylation is 1. The minimum Gasteiger partial charge on any atom is -0.493 e. The van der Waals surface area contributed by atoms with Crippen LogP contribution in [0, 0.1) is 0 Å². The second-order valence-electron chi connectivity index (χ2n) is 9.36. The fourth-order valence-corrected chi connectivity index (χ4v) is 4.70. The number of halogens is 1. The Morgan fingerprint density at radius 1 is 0.895 bits per heavy atom. The molecule has 2 atom stereocenters. The number of carbonyl (C=O) groups excluding carboxylic acids is 2. The SMILES string of the molecule is CC[C@H](C)NC(=O)[C@@H](Cc1ccccc1)N(Cc1cccc(Br)c1)C(=O)CCc1ccc(OC)c(OC)c1. The van der Waals surface area contributed by atoms with Gasteiger partial charge in [0.15, 0.2) is 11.5 Å². The van der Waals surface area contributed by atoms with Crippen LogP contribution in [0.15, 0.2) is 77.3 Å². The molecule has 1 N–H and O–H groups in total. The Hall–Kier alpha value is -3.32. The van der Waals surface area contributed by atoms with Gasteiger partial charge < -0.3 is 19.7 Å². The second-order valence-corrected chi connectivity index (χ2v) is 10.3. The van der Waals surface area contributed by atoms with E-state index in [1.54, 1.807) is 19.1 Å². The van der Waals surface area contributed by atoms with Crippen LogP contribution >= 0.6 is 15.9 Å². The summed E-state index contributed by atoms with van der Waals surface area (Å²) in [4.78, 5) is 29.2. The molecule has 0 aliphatic heterocycles. The molecule has 0 heterocycles. The quantitative estimate of drug-likeness (QED) is 0.271. The Balaban J connectivity index is 1.91. The first-order chi connectivity index (χ1) is 18.3. The zero-order chi connectivity index (χ0) is 27.5. The van der Waals surface area contributed by atoms with Crippen LogP contribution in [0.5, 0.6) is 11.5 Å². The number of nitrogens with one attached hydrogen (secondary N) is 1. The number of methoxy groups -OCH3 is 2. The van der Waals surface area contributed by atoms with Gasteiger partial charge in [0.2, 0.25) is 11.8 Å². The molecule has 7 heteroatoms. The van der Waals surface area contributed by atoms with E-state index in [0.717, 1.165) is 27.6 Å². The van der Waals surface area contributed by atoms with E-state index in [0.29, 0.717) is 30.9 Å². The maximum absolute atomic E-state index is 13.9. The molecule has 0 aliphatic carbocycles. The van der Waals surface area contributed by atoms with Gasteiger partial charge in [0, 0.05) is 29.9 Å². The van der Waals surface area contributed by atoms with E-state index >= 15 is 0 Å². The molecule has 0 bridgehead atoms. The van der Waals surface area contributed by atoms with Gasteiger partial charge in [-0.3, -0.25) is 9.59 Å². The van der Waals surface area contributed by atoms with Crippen molar-refractivity contribution in [3.8, 4) is 11.5 Å². The third-order valence-electron chi connectivity index (χ3n) is 6.59. The third kappa shape index (κ3) is 8.35. The zero-order valence-electron chi connectivity index (χ0n) is 22.6. The van der Waals surface area contributed by atoms with Crippen LogP contribution < -0.4 is 14.8 Å². The highest BCUT2D eigenvalue weighted by molar-refractivity contribution is 9.10. The second kappa shape index (κ2) is 14.6. The van der Waals surface area contributed by atoms with Crippen LogP contribution in [0.25, 0.3) is 0 Å². The minimum absolute atomic E-state index is 0.00959. The van der Waals surface area contributed by atoms with Crippen molar-refractivity contribution in [2.75, 3.05) is 14.2 Å². The van der Waals surface area contributed by atoms with Crippen molar-refractivity contribution in [1.82, 2.24) is 10.2 Å². The molecular formula is C31H37BrN2O4. The normalized spacial score (nSPS) is 12.3. The van der Waals surface area contributed by atoms with Gasteiger partial charge in [0.25, 0.3) is 0 Å². The van der Waals surface area contributed by atoms with Crippen LogP contribution in [-0.2, 0) is 29.0 Å². The highest BCUT2D eigenvalue weighted by atomic mass is 79.9. The Bertz CT molecular complexity index is 1200. The summed E-state index contributed by atoms with van der Waals surface area (Å²) in [7, 11) is 3.19. The maximum Gasteiger partial charge on any atom is 0.243 e. The summed E-state index contributed by atoms with van der Waals surface area (Å²) in [5.74, 6) is 1.04. The molecule has 0 radical (unpaired) electrons. The van der Waals surface area contributed by atoms with Crippen LogP contribution in [0.2, 0.25) is 0 Å². The van der Waals surface area contributed by atoms with Gasteiger partial charge in [0.1, 0.15) is 6.04 Å². The number of nitrogens with zero attached hydrogens (tertiary/aromatic N) is 1. The van der Waals surface area contributed by atoms with E-state index < -0.39 is 6.04 Å². The van der Waals surface area contributed by atoms with E-state index in [4.69, 9.17) is 9.47 Å². The first kappa shape index (κ1) is 29.2. The zero-order valence-corrected chi connectivity index (χ0v) is 24.2. The van der Waals surface area contributed by atoms with E-state index in [2.05, 4.69) is 21.2 Å². The van der Waals surface area contributed by atoms with Gasteiger partial charge >= 0.3 is 0 Å². The summed E-state index contributed by atoms with van der Waals surface area (Å²) < 4.78 is 11.7. The van der Waals surface area contributed by atoms with Gasteiger partial charge in [-0.25, -0.2) is 0 Å². The van der Waals surface area contributed by atoms with Crippen molar-refractivity contribution in [3.63, 3.8) is 0 Å². The average molecular weight is 582 g/mol. The molecule has 0 spiro atoms. The lowest BCUT2D eigenvalue weighted by Crippen LogP contribution is -2.52. The van der Waals surface area contributed by atoms with Crippen molar-refractivity contribution < 1.29 is 19.1 Å². The summed E-state index contributed by atoms with van der Waals surface area (Å²) in [6.45, 7) is 4.34. The minimum atomic E-state index is -0.650. The van der Waals surface area contributed by atoms with Crippen molar-refractivity contribution >= 4 is 27.7 Å². The number of carbonyl (C=O) groups is 2. The summed E-state index contributed by atoms with van der Waals surface area (Å²) >= 11 is 3.53.